The number of thioether (sulfide) groups is 1. The van der Waals surface area contributed by atoms with Crippen LogP contribution in [0.5, 0.6) is 0 Å². The lowest BCUT2D eigenvalue weighted by Gasteiger charge is -2.18. The summed E-state index contributed by atoms with van der Waals surface area (Å²) in [7, 11) is 0. The molecule has 0 aromatic rings. The first kappa shape index (κ1) is 10.4. The minimum absolute atomic E-state index is 1.18. The van der Waals surface area contributed by atoms with Gasteiger partial charge in [0.15, 0.2) is 0 Å². The van der Waals surface area contributed by atoms with Gasteiger partial charge in [-0.05, 0) is 25.3 Å². The number of hydrogen-bond donors (Lipinski definition) is 1. The zero-order chi connectivity index (χ0) is 8.65. The predicted octanol–water partition coefficient (Wildman–Crippen LogP) is 1.03. The van der Waals surface area contributed by atoms with E-state index in [2.05, 4.69) is 17.1 Å². The third-order valence-corrected chi connectivity index (χ3v) is 3.07. The van der Waals surface area contributed by atoms with E-state index < -0.39 is 0 Å². The highest BCUT2D eigenvalue weighted by Crippen LogP contribution is 2.01. The smallest absolute Gasteiger partial charge is 0.0107 e. The monoisotopic (exact) mass is 188 g/mol. The molecule has 1 aliphatic rings. The molecule has 3 heteroatoms. The van der Waals surface area contributed by atoms with Gasteiger partial charge < -0.3 is 10.2 Å². The molecule has 1 heterocycles. The summed E-state index contributed by atoms with van der Waals surface area (Å²) < 4.78 is 0. The molecule has 1 fully saturated rings. The van der Waals surface area contributed by atoms with Crippen molar-refractivity contribution in [3.63, 3.8) is 0 Å². The van der Waals surface area contributed by atoms with E-state index in [1.807, 2.05) is 11.8 Å². The van der Waals surface area contributed by atoms with E-state index in [0.717, 1.165) is 0 Å². The van der Waals surface area contributed by atoms with Gasteiger partial charge in [0.2, 0.25) is 0 Å². The van der Waals surface area contributed by atoms with E-state index in [-0.39, 0.29) is 0 Å². The van der Waals surface area contributed by atoms with E-state index in [1.165, 1.54) is 50.7 Å². The van der Waals surface area contributed by atoms with Gasteiger partial charge in [-0.15, -0.1) is 0 Å². The van der Waals surface area contributed by atoms with Crippen LogP contribution in [0.1, 0.15) is 13.3 Å². The van der Waals surface area contributed by atoms with Crippen LogP contribution >= 0.6 is 11.8 Å². The van der Waals surface area contributed by atoms with E-state index in [9.17, 15) is 0 Å². The summed E-state index contributed by atoms with van der Waals surface area (Å²) in [6.07, 6.45) is 1.32. The Morgan fingerprint density at radius 3 is 3.08 bits per heavy atom. The molecule has 0 aliphatic carbocycles. The fourth-order valence-corrected chi connectivity index (χ4v) is 2.14. The SMILES string of the molecule is CCSCCN1CCCNCC1. The Bertz CT molecular complexity index is 101. The van der Waals surface area contributed by atoms with Crippen LogP contribution in [0.2, 0.25) is 0 Å². The van der Waals surface area contributed by atoms with Crippen LogP contribution in [0, 0.1) is 0 Å². The predicted molar refractivity (Wildman–Crippen MR) is 56.9 cm³/mol. The van der Waals surface area contributed by atoms with Crippen molar-refractivity contribution in [2.24, 2.45) is 0 Å². The molecule has 0 saturated carbocycles. The topological polar surface area (TPSA) is 15.3 Å². The fraction of sp³-hybridized carbons (Fsp3) is 1.00. The Hall–Kier alpha value is 0.270. The molecule has 0 spiro atoms. The zero-order valence-corrected chi connectivity index (χ0v) is 8.83. The van der Waals surface area contributed by atoms with Gasteiger partial charge in [0.1, 0.15) is 0 Å². The first-order valence-electron chi connectivity index (χ1n) is 4.94. The third kappa shape index (κ3) is 4.33. The minimum Gasteiger partial charge on any atom is -0.315 e. The Morgan fingerprint density at radius 1 is 1.33 bits per heavy atom. The molecule has 1 N–H and O–H groups in total. The number of nitrogens with one attached hydrogen (secondary N) is 1. The van der Waals surface area contributed by atoms with Gasteiger partial charge in [0.25, 0.3) is 0 Å². The summed E-state index contributed by atoms with van der Waals surface area (Å²) in [5, 5.41) is 3.42. The van der Waals surface area contributed by atoms with Gasteiger partial charge in [-0.2, -0.15) is 11.8 Å². The molecule has 0 unspecified atom stereocenters. The maximum Gasteiger partial charge on any atom is 0.0107 e. The largest absolute Gasteiger partial charge is 0.315 e. The molecule has 1 aliphatic heterocycles. The van der Waals surface area contributed by atoms with Gasteiger partial charge in [-0.25, -0.2) is 0 Å². The van der Waals surface area contributed by atoms with Crippen LogP contribution in [-0.2, 0) is 0 Å². The molecule has 0 radical (unpaired) electrons. The van der Waals surface area contributed by atoms with Crippen LogP contribution in [0.25, 0.3) is 0 Å². The molecule has 72 valence electrons. The Balaban J connectivity index is 2.04. The summed E-state index contributed by atoms with van der Waals surface area (Å²) in [5.74, 6) is 2.56. The molecule has 1 saturated heterocycles. The van der Waals surface area contributed by atoms with E-state index in [4.69, 9.17) is 0 Å². The minimum atomic E-state index is 1.18. The second-order valence-electron chi connectivity index (χ2n) is 3.14. The van der Waals surface area contributed by atoms with Gasteiger partial charge in [0, 0.05) is 25.4 Å². The van der Waals surface area contributed by atoms with Crippen molar-refractivity contribution in [1.82, 2.24) is 10.2 Å². The molecule has 0 aromatic carbocycles. The lowest BCUT2D eigenvalue weighted by molar-refractivity contribution is 0.311. The van der Waals surface area contributed by atoms with Crippen LogP contribution < -0.4 is 5.32 Å². The molecule has 0 amide bonds. The van der Waals surface area contributed by atoms with E-state index in [0.29, 0.717) is 0 Å². The zero-order valence-electron chi connectivity index (χ0n) is 8.01. The lowest BCUT2D eigenvalue weighted by atomic mass is 10.4. The normalized spacial score (nSPS) is 20.8. The maximum absolute atomic E-state index is 3.42. The molecule has 2 nitrogen and oxygen atoms in total. The lowest BCUT2D eigenvalue weighted by Crippen LogP contribution is -2.30. The standard InChI is InChI=1S/C9H20N2S/c1-2-12-9-8-11-6-3-4-10-5-7-11/h10H,2-9H2,1H3. The first-order chi connectivity index (χ1) is 5.93. The van der Waals surface area contributed by atoms with Gasteiger partial charge in [-0.3, -0.25) is 0 Å². The molecule has 1 rings (SSSR count). The maximum atomic E-state index is 3.42. The summed E-state index contributed by atoms with van der Waals surface area (Å²) in [6, 6.07) is 0. The van der Waals surface area contributed by atoms with Crippen LogP contribution in [0.15, 0.2) is 0 Å². The quantitative estimate of drug-likeness (QED) is 0.664. The second-order valence-corrected chi connectivity index (χ2v) is 4.54. The van der Waals surface area contributed by atoms with Crippen LogP contribution in [0.4, 0.5) is 0 Å². The van der Waals surface area contributed by atoms with Crippen molar-refractivity contribution in [3.8, 4) is 0 Å². The van der Waals surface area contributed by atoms with Gasteiger partial charge in [0.05, 0.1) is 0 Å². The van der Waals surface area contributed by atoms with Crippen molar-refractivity contribution in [3.05, 3.63) is 0 Å². The highest BCUT2D eigenvalue weighted by atomic mass is 32.2. The summed E-state index contributed by atoms with van der Waals surface area (Å²) >= 11 is 2.05. The summed E-state index contributed by atoms with van der Waals surface area (Å²) in [4.78, 5) is 2.57. The molecular formula is C9H20N2S. The second kappa shape index (κ2) is 6.75. The van der Waals surface area contributed by atoms with E-state index >= 15 is 0 Å². The van der Waals surface area contributed by atoms with Gasteiger partial charge in [-0.1, -0.05) is 6.92 Å². The highest BCUT2D eigenvalue weighted by molar-refractivity contribution is 7.99. The van der Waals surface area contributed by atoms with Crippen molar-refractivity contribution in [1.29, 1.82) is 0 Å². The molecule has 0 atom stereocenters. The third-order valence-electron chi connectivity index (χ3n) is 2.19. The van der Waals surface area contributed by atoms with Crippen LogP contribution in [0.3, 0.4) is 0 Å². The van der Waals surface area contributed by atoms with Crippen molar-refractivity contribution < 1.29 is 0 Å². The molecule has 0 bridgehead atoms. The van der Waals surface area contributed by atoms with Crippen molar-refractivity contribution in [2.75, 3.05) is 44.2 Å². The van der Waals surface area contributed by atoms with E-state index in [1.54, 1.807) is 0 Å². The average molecular weight is 188 g/mol. The average Bonchev–Trinajstić information content (AvgIpc) is 2.33. The van der Waals surface area contributed by atoms with Crippen molar-refractivity contribution >= 4 is 11.8 Å². The molecule has 0 aromatic heterocycles. The van der Waals surface area contributed by atoms with Crippen LogP contribution in [-0.4, -0.2) is 49.1 Å². The Labute approximate surface area is 80.1 Å². The first-order valence-corrected chi connectivity index (χ1v) is 6.09. The van der Waals surface area contributed by atoms with Crippen molar-refractivity contribution in [2.45, 2.75) is 13.3 Å². The summed E-state index contributed by atoms with van der Waals surface area (Å²) in [6.45, 7) is 8.42. The fourth-order valence-electron chi connectivity index (χ4n) is 1.46. The molecular weight excluding hydrogens is 168 g/mol. The Kier molecular flexibility index (Phi) is 5.82. The number of rotatable bonds is 4. The Morgan fingerprint density at radius 2 is 2.25 bits per heavy atom. The highest BCUT2D eigenvalue weighted by Gasteiger charge is 2.06. The number of nitrogens with zero attached hydrogens (tertiary/aromatic N) is 1. The molecule has 12 heavy (non-hydrogen) atoms. The summed E-state index contributed by atoms with van der Waals surface area (Å²) in [5.41, 5.74) is 0. The number of hydrogen-bond acceptors (Lipinski definition) is 3. The van der Waals surface area contributed by atoms with Gasteiger partial charge >= 0.3 is 0 Å².